The van der Waals surface area contributed by atoms with Gasteiger partial charge in [0.1, 0.15) is 6.04 Å². The van der Waals surface area contributed by atoms with Crippen LogP contribution in [-0.2, 0) is 4.79 Å². The third-order valence-corrected chi connectivity index (χ3v) is 3.37. The van der Waals surface area contributed by atoms with E-state index in [0.29, 0.717) is 12.1 Å². The Morgan fingerprint density at radius 1 is 1.50 bits per heavy atom. The molecule has 2 rings (SSSR count). The average molecular weight is 250 g/mol. The van der Waals surface area contributed by atoms with Crippen LogP contribution < -0.4 is 5.32 Å². The van der Waals surface area contributed by atoms with Gasteiger partial charge in [0, 0.05) is 19.3 Å². The molecule has 1 saturated heterocycles. The maximum Gasteiger partial charge on any atom is 0.257 e. The first-order chi connectivity index (χ1) is 8.65. The number of likely N-dealkylation sites (N-methyl/N-ethyl adjacent to an activating group) is 1. The zero-order valence-electron chi connectivity index (χ0n) is 10.7. The van der Waals surface area contributed by atoms with Gasteiger partial charge >= 0.3 is 0 Å². The first-order valence-corrected chi connectivity index (χ1v) is 6.17. The Balaban J connectivity index is 2.21. The lowest BCUT2D eigenvalue weighted by Gasteiger charge is -2.34. The number of nitrogens with zero attached hydrogens (tertiary/aromatic N) is 2. The number of aromatic amines is 1. The number of carbonyl (C=O) groups is 2. The highest BCUT2D eigenvalue weighted by Gasteiger charge is 2.32. The van der Waals surface area contributed by atoms with Crippen LogP contribution in [0, 0.1) is 6.92 Å². The lowest BCUT2D eigenvalue weighted by Crippen LogP contribution is -2.51. The lowest BCUT2D eigenvalue weighted by molar-refractivity contribution is -0.126. The maximum atomic E-state index is 12.4. The smallest absolute Gasteiger partial charge is 0.257 e. The fourth-order valence-electron chi connectivity index (χ4n) is 2.33. The topological polar surface area (TPSA) is 78.1 Å². The summed E-state index contributed by atoms with van der Waals surface area (Å²) in [6, 6.07) is -0.356. The number of hydrogen-bond acceptors (Lipinski definition) is 3. The van der Waals surface area contributed by atoms with E-state index >= 15 is 0 Å². The highest BCUT2D eigenvalue weighted by atomic mass is 16.2. The third kappa shape index (κ3) is 2.23. The summed E-state index contributed by atoms with van der Waals surface area (Å²) >= 11 is 0. The van der Waals surface area contributed by atoms with E-state index in [1.807, 2.05) is 0 Å². The minimum absolute atomic E-state index is 0.0933. The Bertz CT molecular complexity index is 455. The Labute approximate surface area is 106 Å². The number of rotatable bonds is 2. The van der Waals surface area contributed by atoms with Crippen molar-refractivity contribution < 1.29 is 9.59 Å². The Hall–Kier alpha value is -1.85. The Kier molecular flexibility index (Phi) is 3.64. The SMILES string of the molecule is CNC(=O)C1CCCCN1C(=O)c1cn[nH]c1C. The number of amides is 2. The molecule has 1 aliphatic heterocycles. The quantitative estimate of drug-likeness (QED) is 0.800. The second-order valence-corrected chi connectivity index (χ2v) is 4.53. The van der Waals surface area contributed by atoms with Crippen LogP contribution in [0.2, 0.25) is 0 Å². The number of nitrogens with one attached hydrogen (secondary N) is 2. The van der Waals surface area contributed by atoms with Gasteiger partial charge in [-0.1, -0.05) is 0 Å². The highest BCUT2D eigenvalue weighted by molar-refractivity contribution is 5.98. The summed E-state index contributed by atoms with van der Waals surface area (Å²) in [7, 11) is 1.60. The molecule has 1 aromatic heterocycles. The number of carbonyl (C=O) groups excluding carboxylic acids is 2. The van der Waals surface area contributed by atoms with Crippen molar-refractivity contribution in [1.82, 2.24) is 20.4 Å². The largest absolute Gasteiger partial charge is 0.357 e. The fourth-order valence-corrected chi connectivity index (χ4v) is 2.33. The van der Waals surface area contributed by atoms with Crippen LogP contribution in [0.5, 0.6) is 0 Å². The predicted molar refractivity (Wildman–Crippen MR) is 66.1 cm³/mol. The molecule has 1 atom stereocenters. The maximum absolute atomic E-state index is 12.4. The van der Waals surface area contributed by atoms with Crippen LogP contribution in [0.3, 0.4) is 0 Å². The van der Waals surface area contributed by atoms with Crippen LogP contribution in [-0.4, -0.2) is 46.5 Å². The minimum atomic E-state index is -0.356. The van der Waals surface area contributed by atoms with Gasteiger partial charge in [-0.25, -0.2) is 0 Å². The van der Waals surface area contributed by atoms with Crippen LogP contribution in [0.1, 0.15) is 35.3 Å². The van der Waals surface area contributed by atoms with E-state index in [2.05, 4.69) is 15.5 Å². The number of hydrogen-bond donors (Lipinski definition) is 2. The first-order valence-electron chi connectivity index (χ1n) is 6.17. The molecule has 1 unspecified atom stereocenters. The van der Waals surface area contributed by atoms with Gasteiger partial charge in [0.15, 0.2) is 0 Å². The molecule has 0 bridgehead atoms. The summed E-state index contributed by atoms with van der Waals surface area (Å²) < 4.78 is 0. The van der Waals surface area contributed by atoms with Crippen molar-refractivity contribution in [3.8, 4) is 0 Å². The van der Waals surface area contributed by atoms with Crippen LogP contribution in [0.4, 0.5) is 0 Å². The van der Waals surface area contributed by atoms with Gasteiger partial charge in [0.2, 0.25) is 5.91 Å². The molecule has 2 heterocycles. The summed E-state index contributed by atoms with van der Waals surface area (Å²) in [5.41, 5.74) is 1.28. The Morgan fingerprint density at radius 2 is 2.28 bits per heavy atom. The molecule has 2 amide bonds. The first kappa shape index (κ1) is 12.6. The standard InChI is InChI=1S/C12H18N4O2/c1-8-9(7-14-15-8)12(18)16-6-4-3-5-10(16)11(17)13-2/h7,10H,3-6H2,1-2H3,(H,13,17)(H,14,15). The second-order valence-electron chi connectivity index (χ2n) is 4.53. The summed E-state index contributed by atoms with van der Waals surface area (Å²) in [4.78, 5) is 25.9. The second kappa shape index (κ2) is 5.20. The van der Waals surface area contributed by atoms with Crippen molar-refractivity contribution in [3.05, 3.63) is 17.5 Å². The fraction of sp³-hybridized carbons (Fsp3) is 0.583. The number of piperidine rings is 1. The molecular formula is C12H18N4O2. The normalized spacial score (nSPS) is 19.7. The molecule has 6 heteroatoms. The van der Waals surface area contributed by atoms with E-state index in [1.54, 1.807) is 18.9 Å². The van der Waals surface area contributed by atoms with Gasteiger partial charge < -0.3 is 10.2 Å². The molecule has 0 radical (unpaired) electrons. The molecule has 0 saturated carbocycles. The molecule has 18 heavy (non-hydrogen) atoms. The van der Waals surface area contributed by atoms with Gasteiger partial charge in [-0.3, -0.25) is 14.7 Å². The summed E-state index contributed by atoms with van der Waals surface area (Å²) in [5.74, 6) is -0.209. The Morgan fingerprint density at radius 3 is 2.89 bits per heavy atom. The number of aromatic nitrogens is 2. The van der Waals surface area contributed by atoms with E-state index in [-0.39, 0.29) is 17.9 Å². The van der Waals surface area contributed by atoms with E-state index in [9.17, 15) is 9.59 Å². The molecule has 6 nitrogen and oxygen atoms in total. The molecule has 0 aliphatic carbocycles. The summed E-state index contributed by atoms with van der Waals surface area (Å²) in [6.45, 7) is 2.43. The molecule has 1 aromatic rings. The average Bonchev–Trinajstić information content (AvgIpc) is 2.83. The summed E-state index contributed by atoms with van der Waals surface area (Å²) in [6.07, 6.45) is 4.16. The minimum Gasteiger partial charge on any atom is -0.357 e. The highest BCUT2D eigenvalue weighted by Crippen LogP contribution is 2.20. The number of likely N-dealkylation sites (tertiary alicyclic amines) is 1. The zero-order chi connectivity index (χ0) is 13.1. The van der Waals surface area contributed by atoms with E-state index < -0.39 is 0 Å². The third-order valence-electron chi connectivity index (χ3n) is 3.37. The van der Waals surface area contributed by atoms with Crippen LogP contribution in [0.25, 0.3) is 0 Å². The van der Waals surface area contributed by atoms with E-state index in [1.165, 1.54) is 6.20 Å². The van der Waals surface area contributed by atoms with Gasteiger partial charge in [0.25, 0.3) is 5.91 Å². The van der Waals surface area contributed by atoms with Crippen molar-refractivity contribution in [2.45, 2.75) is 32.2 Å². The molecular weight excluding hydrogens is 232 g/mol. The molecule has 0 aromatic carbocycles. The van der Waals surface area contributed by atoms with Gasteiger partial charge in [-0.05, 0) is 26.2 Å². The number of aryl methyl sites for hydroxylation is 1. The molecule has 98 valence electrons. The van der Waals surface area contributed by atoms with E-state index in [0.717, 1.165) is 25.0 Å². The molecule has 0 spiro atoms. The van der Waals surface area contributed by atoms with Crippen molar-refractivity contribution in [3.63, 3.8) is 0 Å². The monoisotopic (exact) mass is 250 g/mol. The lowest BCUT2D eigenvalue weighted by atomic mass is 10.00. The molecule has 1 fully saturated rings. The van der Waals surface area contributed by atoms with Crippen molar-refractivity contribution in [2.75, 3.05) is 13.6 Å². The van der Waals surface area contributed by atoms with Gasteiger partial charge in [0.05, 0.1) is 11.8 Å². The van der Waals surface area contributed by atoms with Crippen molar-refractivity contribution >= 4 is 11.8 Å². The van der Waals surface area contributed by atoms with Crippen molar-refractivity contribution in [1.29, 1.82) is 0 Å². The van der Waals surface area contributed by atoms with Crippen molar-refractivity contribution in [2.24, 2.45) is 0 Å². The van der Waals surface area contributed by atoms with Crippen LogP contribution >= 0.6 is 0 Å². The van der Waals surface area contributed by atoms with Crippen LogP contribution in [0.15, 0.2) is 6.20 Å². The van der Waals surface area contributed by atoms with Gasteiger partial charge in [-0.15, -0.1) is 0 Å². The molecule has 2 N–H and O–H groups in total. The zero-order valence-corrected chi connectivity index (χ0v) is 10.7. The van der Waals surface area contributed by atoms with Gasteiger partial charge in [-0.2, -0.15) is 5.10 Å². The summed E-state index contributed by atoms with van der Waals surface area (Å²) in [5, 5.41) is 9.23. The number of H-pyrrole nitrogens is 1. The molecule has 1 aliphatic rings. The van der Waals surface area contributed by atoms with E-state index in [4.69, 9.17) is 0 Å². The predicted octanol–water partition coefficient (Wildman–Crippen LogP) is 0.459.